The maximum Gasteiger partial charge on any atom is 0.236 e. The van der Waals surface area contributed by atoms with Gasteiger partial charge in [-0.2, -0.15) is 0 Å². The highest BCUT2D eigenvalue weighted by Crippen LogP contribution is 2.51. The lowest BCUT2D eigenvalue weighted by Crippen LogP contribution is -1.87. The van der Waals surface area contributed by atoms with Gasteiger partial charge in [-0.05, 0) is 17.7 Å². The third kappa shape index (κ3) is 2.89. The van der Waals surface area contributed by atoms with Gasteiger partial charge in [0.15, 0.2) is 0 Å². The van der Waals surface area contributed by atoms with Crippen molar-refractivity contribution < 1.29 is 4.42 Å². The molecule has 0 atom stereocenters. The number of aromatic nitrogens is 3. The van der Waals surface area contributed by atoms with Crippen LogP contribution in [0.25, 0.3) is 43.0 Å². The molecule has 130 valence electrons. The first-order chi connectivity index (χ1) is 13.4. The Bertz CT molecular complexity index is 1150. The fourth-order valence-corrected chi connectivity index (χ4v) is 5.03. The van der Waals surface area contributed by atoms with Crippen LogP contribution in [0.2, 0.25) is 0 Å². The molecule has 0 aliphatic carbocycles. The second kappa shape index (κ2) is 6.90. The maximum absolute atomic E-state index is 5.65. The van der Waals surface area contributed by atoms with Gasteiger partial charge in [-0.1, -0.05) is 36.4 Å². The van der Waals surface area contributed by atoms with Gasteiger partial charge in [-0.3, -0.25) is 4.98 Å². The summed E-state index contributed by atoms with van der Waals surface area (Å²) < 4.78 is 5.65. The van der Waals surface area contributed by atoms with Gasteiger partial charge in [0, 0.05) is 33.8 Å². The summed E-state index contributed by atoms with van der Waals surface area (Å²) in [6.07, 6.45) is 6.91. The molecular formula is C21H13N3OS2. The van der Waals surface area contributed by atoms with Crippen LogP contribution in [0.15, 0.2) is 83.2 Å². The van der Waals surface area contributed by atoms with Gasteiger partial charge in [-0.25, -0.2) is 9.97 Å². The Labute approximate surface area is 163 Å². The molecule has 27 heavy (non-hydrogen) atoms. The summed E-state index contributed by atoms with van der Waals surface area (Å²) in [6, 6.07) is 16.3. The topological polar surface area (TPSA) is 51.8 Å². The molecule has 0 amide bonds. The van der Waals surface area contributed by atoms with E-state index in [0.717, 1.165) is 37.1 Å². The number of nitrogens with zero attached hydrogens (tertiary/aromatic N) is 3. The maximum atomic E-state index is 5.65. The number of oxazole rings is 1. The van der Waals surface area contributed by atoms with Crippen LogP contribution in [0.4, 0.5) is 0 Å². The van der Waals surface area contributed by atoms with Crippen molar-refractivity contribution in [3.63, 3.8) is 0 Å². The molecule has 5 rings (SSSR count). The fourth-order valence-electron chi connectivity index (χ4n) is 3.02. The molecule has 4 aromatic heterocycles. The Balaban J connectivity index is 1.88. The summed E-state index contributed by atoms with van der Waals surface area (Å²) in [5, 5.41) is 2.92. The van der Waals surface area contributed by atoms with E-state index in [1.807, 2.05) is 54.2 Å². The van der Waals surface area contributed by atoms with Crippen molar-refractivity contribution in [1.29, 1.82) is 0 Å². The lowest BCUT2D eigenvalue weighted by molar-refractivity contribution is 0.576. The molecule has 0 fully saturated rings. The van der Waals surface area contributed by atoms with E-state index in [1.54, 1.807) is 35.1 Å². The number of thiazole rings is 1. The monoisotopic (exact) mass is 387 g/mol. The molecule has 0 saturated carbocycles. The molecule has 0 aliphatic heterocycles. The zero-order valence-electron chi connectivity index (χ0n) is 14.1. The summed E-state index contributed by atoms with van der Waals surface area (Å²) in [7, 11) is 0. The predicted molar refractivity (Wildman–Crippen MR) is 110 cm³/mol. The normalized spacial score (nSPS) is 11.0. The highest BCUT2D eigenvalue weighted by molar-refractivity contribution is 7.21. The van der Waals surface area contributed by atoms with Crippen LogP contribution in [-0.2, 0) is 0 Å². The highest BCUT2D eigenvalue weighted by Gasteiger charge is 2.26. The molecular weight excluding hydrogens is 374 g/mol. The second-order valence-corrected chi connectivity index (χ2v) is 7.68. The summed E-state index contributed by atoms with van der Waals surface area (Å²) >= 11 is 3.26. The predicted octanol–water partition coefficient (Wildman–Crippen LogP) is 6.26. The van der Waals surface area contributed by atoms with Crippen molar-refractivity contribution in [2.45, 2.75) is 0 Å². The number of thiophene rings is 1. The number of hydrogen-bond donors (Lipinski definition) is 0. The van der Waals surface area contributed by atoms with Crippen molar-refractivity contribution in [3.8, 4) is 43.0 Å². The zero-order valence-corrected chi connectivity index (χ0v) is 15.7. The first-order valence-corrected chi connectivity index (χ1v) is 10.0. The Morgan fingerprint density at radius 2 is 1.63 bits per heavy atom. The van der Waals surface area contributed by atoms with E-state index >= 15 is 0 Å². The molecule has 0 aliphatic rings. The van der Waals surface area contributed by atoms with Gasteiger partial charge in [0.05, 0.1) is 11.9 Å². The van der Waals surface area contributed by atoms with Gasteiger partial charge in [0.25, 0.3) is 0 Å². The van der Waals surface area contributed by atoms with Crippen molar-refractivity contribution in [2.75, 3.05) is 0 Å². The Kier molecular flexibility index (Phi) is 4.12. The first kappa shape index (κ1) is 16.1. The van der Waals surface area contributed by atoms with Crippen LogP contribution in [0.1, 0.15) is 0 Å². The zero-order chi connectivity index (χ0) is 18.1. The Hall–Kier alpha value is -3.09. The van der Waals surface area contributed by atoms with E-state index in [1.165, 1.54) is 0 Å². The van der Waals surface area contributed by atoms with E-state index in [2.05, 4.69) is 27.1 Å². The van der Waals surface area contributed by atoms with Crippen molar-refractivity contribution >= 4 is 22.7 Å². The highest BCUT2D eigenvalue weighted by atomic mass is 32.1. The summed E-state index contributed by atoms with van der Waals surface area (Å²) in [4.78, 5) is 15.7. The van der Waals surface area contributed by atoms with Gasteiger partial charge in [-0.15, -0.1) is 22.7 Å². The molecule has 0 N–H and O–H groups in total. The molecule has 0 spiro atoms. The van der Waals surface area contributed by atoms with Crippen molar-refractivity contribution in [3.05, 3.63) is 78.8 Å². The van der Waals surface area contributed by atoms with Gasteiger partial charge < -0.3 is 4.42 Å². The molecule has 6 heteroatoms. The summed E-state index contributed by atoms with van der Waals surface area (Å²) in [6.45, 7) is 0. The number of benzene rings is 1. The fraction of sp³-hybridized carbons (Fsp3) is 0. The van der Waals surface area contributed by atoms with Gasteiger partial charge >= 0.3 is 0 Å². The van der Waals surface area contributed by atoms with Crippen LogP contribution in [0.5, 0.6) is 0 Å². The minimum atomic E-state index is 0.601. The van der Waals surface area contributed by atoms with Gasteiger partial charge in [0.2, 0.25) is 5.89 Å². The minimum Gasteiger partial charge on any atom is -0.444 e. The quantitative estimate of drug-likeness (QED) is 0.365. The van der Waals surface area contributed by atoms with Gasteiger partial charge in [0.1, 0.15) is 16.1 Å². The Morgan fingerprint density at radius 3 is 2.33 bits per heavy atom. The molecule has 0 saturated heterocycles. The van der Waals surface area contributed by atoms with Crippen LogP contribution in [0.3, 0.4) is 0 Å². The molecule has 5 aromatic rings. The number of pyridine rings is 1. The number of hydrogen-bond acceptors (Lipinski definition) is 6. The van der Waals surface area contributed by atoms with E-state index in [0.29, 0.717) is 5.89 Å². The molecule has 1 aromatic carbocycles. The van der Waals surface area contributed by atoms with Crippen LogP contribution < -0.4 is 0 Å². The van der Waals surface area contributed by atoms with E-state index < -0.39 is 0 Å². The lowest BCUT2D eigenvalue weighted by atomic mass is 10.0. The largest absolute Gasteiger partial charge is 0.444 e. The minimum absolute atomic E-state index is 0.601. The van der Waals surface area contributed by atoms with E-state index in [4.69, 9.17) is 4.42 Å². The van der Waals surface area contributed by atoms with Crippen LogP contribution >= 0.6 is 22.7 Å². The third-order valence-corrected chi connectivity index (χ3v) is 6.16. The second-order valence-electron chi connectivity index (χ2n) is 5.77. The standard InChI is InChI=1S/C21H13N3OS2/c1-2-6-14(7-3-1)18-16(15-8-4-5-9-22-15)17(21-24-11-13-26-21)19(27-18)20-23-10-12-25-20/h1-13H. The first-order valence-electron chi connectivity index (χ1n) is 8.35. The Morgan fingerprint density at radius 1 is 0.741 bits per heavy atom. The molecule has 0 unspecified atom stereocenters. The smallest absolute Gasteiger partial charge is 0.236 e. The third-order valence-electron chi connectivity index (χ3n) is 4.14. The lowest BCUT2D eigenvalue weighted by Gasteiger charge is -2.06. The molecule has 0 bridgehead atoms. The van der Waals surface area contributed by atoms with Crippen LogP contribution in [-0.4, -0.2) is 15.0 Å². The van der Waals surface area contributed by atoms with Crippen molar-refractivity contribution in [2.24, 2.45) is 0 Å². The average molecular weight is 387 g/mol. The summed E-state index contributed by atoms with van der Waals surface area (Å²) in [5.41, 5.74) is 4.14. The van der Waals surface area contributed by atoms with Crippen LogP contribution in [0, 0.1) is 0 Å². The van der Waals surface area contributed by atoms with E-state index in [9.17, 15) is 0 Å². The number of rotatable bonds is 4. The average Bonchev–Trinajstić information content (AvgIpc) is 3.48. The molecule has 4 heterocycles. The summed E-state index contributed by atoms with van der Waals surface area (Å²) in [5.74, 6) is 0.601. The molecule has 0 radical (unpaired) electrons. The molecule has 4 nitrogen and oxygen atoms in total. The van der Waals surface area contributed by atoms with Crippen molar-refractivity contribution in [1.82, 2.24) is 15.0 Å². The van der Waals surface area contributed by atoms with E-state index in [-0.39, 0.29) is 0 Å². The SMILES string of the molecule is c1ccc(-c2sc(-c3ncco3)c(-c3nccs3)c2-c2ccccn2)cc1.